The summed E-state index contributed by atoms with van der Waals surface area (Å²) in [7, 11) is 3.49. The van der Waals surface area contributed by atoms with Crippen LogP contribution < -0.4 is 20.1 Å². The summed E-state index contributed by atoms with van der Waals surface area (Å²) in [6.45, 7) is 8.60. The minimum atomic E-state index is -1.12. The van der Waals surface area contributed by atoms with E-state index in [0.29, 0.717) is 49.8 Å². The second-order valence-electron chi connectivity index (χ2n) is 15.3. The molecule has 4 aromatic rings. The van der Waals surface area contributed by atoms with Crippen LogP contribution in [-0.4, -0.2) is 109 Å². The van der Waals surface area contributed by atoms with Crippen LogP contribution in [0, 0.1) is 5.92 Å². The molecule has 6 rings (SSSR count). The molecule has 2 saturated heterocycles. The molecule has 0 amide bonds. The molecule has 0 spiro atoms. The number of nitrogens with zero attached hydrogens (tertiary/aromatic N) is 8. The number of carboxylic acid groups (broad SMARTS) is 1. The molecule has 2 fully saturated rings. The van der Waals surface area contributed by atoms with Crippen molar-refractivity contribution in [1.29, 1.82) is 0 Å². The molecule has 16 nitrogen and oxygen atoms in total. The summed E-state index contributed by atoms with van der Waals surface area (Å²) in [5.41, 5.74) is 2.53. The molecule has 58 heavy (non-hydrogen) atoms. The van der Waals surface area contributed by atoms with Crippen molar-refractivity contribution >= 4 is 23.8 Å². The topological polar surface area (TPSA) is 174 Å². The van der Waals surface area contributed by atoms with Gasteiger partial charge in [-0.1, -0.05) is 37.1 Å². The van der Waals surface area contributed by atoms with Gasteiger partial charge in [-0.3, -0.25) is 19.4 Å². The van der Waals surface area contributed by atoms with Crippen LogP contribution in [-0.2, 0) is 54.5 Å². The van der Waals surface area contributed by atoms with E-state index in [0.717, 1.165) is 63.6 Å². The van der Waals surface area contributed by atoms with Gasteiger partial charge in [0.15, 0.2) is 18.3 Å². The van der Waals surface area contributed by atoms with E-state index in [1.165, 1.54) is 49.7 Å². The van der Waals surface area contributed by atoms with E-state index in [2.05, 4.69) is 64.9 Å². The summed E-state index contributed by atoms with van der Waals surface area (Å²) < 4.78 is 20.7. The standard InChI is InChI=1S/C42H60N10O6/c1-49-41(43-17-11-23-56-35-15-9-13-32(25-35)29-51-19-5-3-6-20-51)45-37(47-49)27-34(28-39(53)54)40(55)58-31-38-46-42(50(2)48-38)44-18-12-24-57-36-16-10-14-33(26-36)30-52-21-7-4-8-22-52/h9-10,13-16,25-26,34H,3-8,11-12,17-24,27-31H2,1-2H3,(H,53,54)(H,43,45,47)(H,44,46,48). The maximum absolute atomic E-state index is 13.1. The van der Waals surface area contributed by atoms with E-state index < -0.39 is 24.3 Å². The quantitative estimate of drug-likeness (QED) is 0.0672. The predicted octanol–water partition coefficient (Wildman–Crippen LogP) is 5.05. The van der Waals surface area contributed by atoms with Gasteiger partial charge in [0.25, 0.3) is 0 Å². The SMILES string of the molecule is Cn1nc(COC(=O)C(CC(=O)O)Cc2nc(NCCCOc3cccc(CN4CCCCC4)c3)n(C)n2)nc1NCCCOc1cccc(CN2CCCCC2)c1. The first-order chi connectivity index (χ1) is 28.3. The number of esters is 1. The summed E-state index contributed by atoms with van der Waals surface area (Å²) >= 11 is 0. The molecule has 2 aliphatic rings. The Morgan fingerprint density at radius 1 is 0.724 bits per heavy atom. The highest BCUT2D eigenvalue weighted by Crippen LogP contribution is 2.20. The van der Waals surface area contributed by atoms with Crippen LogP contribution in [0.2, 0.25) is 0 Å². The first-order valence-electron chi connectivity index (χ1n) is 20.8. The number of carbonyl (C=O) groups is 2. The summed E-state index contributed by atoms with van der Waals surface area (Å²) in [5.74, 6) is 0.619. The number of aliphatic carboxylic acids is 1. The molecular formula is C42H60N10O6. The zero-order valence-corrected chi connectivity index (χ0v) is 34.1. The van der Waals surface area contributed by atoms with E-state index in [4.69, 9.17) is 14.2 Å². The normalized spacial score (nSPS) is 15.5. The zero-order valence-electron chi connectivity index (χ0n) is 34.1. The lowest BCUT2D eigenvalue weighted by molar-refractivity contribution is -0.154. The first kappa shape index (κ1) is 42.4. The van der Waals surface area contributed by atoms with Gasteiger partial charge in [0.1, 0.15) is 11.5 Å². The number of carbonyl (C=O) groups excluding carboxylic acids is 1. The van der Waals surface area contributed by atoms with E-state index in [1.54, 1.807) is 23.5 Å². The number of aromatic nitrogens is 6. The van der Waals surface area contributed by atoms with Gasteiger partial charge >= 0.3 is 11.9 Å². The Morgan fingerprint density at radius 3 is 1.74 bits per heavy atom. The Morgan fingerprint density at radius 2 is 1.22 bits per heavy atom. The maximum Gasteiger partial charge on any atom is 0.310 e. The molecule has 1 atom stereocenters. The fraction of sp³-hybridized carbons (Fsp3) is 0.571. The first-order valence-corrected chi connectivity index (χ1v) is 20.8. The number of nitrogens with one attached hydrogen (secondary N) is 2. The number of carboxylic acids is 1. The molecule has 0 radical (unpaired) electrons. The van der Waals surface area contributed by atoms with Crippen molar-refractivity contribution < 1.29 is 28.9 Å². The lowest BCUT2D eigenvalue weighted by Gasteiger charge is -2.26. The summed E-state index contributed by atoms with van der Waals surface area (Å²) in [5, 5.41) is 24.9. The van der Waals surface area contributed by atoms with E-state index in [-0.39, 0.29) is 13.0 Å². The van der Waals surface area contributed by atoms with E-state index in [9.17, 15) is 14.7 Å². The van der Waals surface area contributed by atoms with Crippen molar-refractivity contribution in [3.63, 3.8) is 0 Å². The van der Waals surface area contributed by atoms with Crippen molar-refractivity contribution in [2.24, 2.45) is 20.0 Å². The number of likely N-dealkylation sites (tertiary alicyclic amines) is 2. The third-order valence-corrected chi connectivity index (χ3v) is 10.4. The van der Waals surface area contributed by atoms with Gasteiger partial charge in [-0.15, -0.1) is 0 Å². The molecule has 1 unspecified atom stereocenters. The third-order valence-electron chi connectivity index (χ3n) is 10.4. The van der Waals surface area contributed by atoms with Crippen molar-refractivity contribution in [3.8, 4) is 11.5 Å². The number of anilines is 2. The highest BCUT2D eigenvalue weighted by atomic mass is 16.5. The number of rotatable bonds is 23. The molecule has 2 aromatic carbocycles. The average molecular weight is 801 g/mol. The number of ether oxygens (including phenoxy) is 3. The van der Waals surface area contributed by atoms with Crippen LogP contribution >= 0.6 is 0 Å². The van der Waals surface area contributed by atoms with E-state index in [1.807, 2.05) is 24.3 Å². The van der Waals surface area contributed by atoms with Crippen LogP contribution in [0.1, 0.15) is 80.6 Å². The van der Waals surface area contributed by atoms with Crippen LogP contribution in [0.25, 0.3) is 0 Å². The highest BCUT2D eigenvalue weighted by Gasteiger charge is 2.27. The molecule has 4 heterocycles. The number of piperidine rings is 2. The van der Waals surface area contributed by atoms with Crippen LogP contribution in [0.5, 0.6) is 11.5 Å². The Hall–Kier alpha value is -5.22. The van der Waals surface area contributed by atoms with E-state index >= 15 is 0 Å². The highest BCUT2D eigenvalue weighted by molar-refractivity contribution is 5.79. The second-order valence-corrected chi connectivity index (χ2v) is 15.3. The van der Waals surface area contributed by atoms with Crippen molar-refractivity contribution in [1.82, 2.24) is 39.3 Å². The predicted molar refractivity (Wildman–Crippen MR) is 220 cm³/mol. The zero-order chi connectivity index (χ0) is 40.5. The minimum absolute atomic E-state index is 0.00476. The van der Waals surface area contributed by atoms with Crippen molar-refractivity contribution in [3.05, 3.63) is 71.3 Å². The fourth-order valence-electron chi connectivity index (χ4n) is 7.40. The van der Waals surface area contributed by atoms with Crippen molar-refractivity contribution in [2.45, 2.75) is 83.9 Å². The molecule has 314 valence electrons. The number of benzene rings is 2. The van der Waals surface area contributed by atoms with Gasteiger partial charge in [-0.05, 0) is 100 Å². The van der Waals surface area contributed by atoms with Gasteiger partial charge in [0.2, 0.25) is 11.9 Å². The van der Waals surface area contributed by atoms with Gasteiger partial charge in [0, 0.05) is 46.7 Å². The summed E-state index contributed by atoms with van der Waals surface area (Å²) in [4.78, 5) is 38.8. The fourth-order valence-corrected chi connectivity index (χ4v) is 7.40. The van der Waals surface area contributed by atoms with Gasteiger partial charge in [-0.25, -0.2) is 9.36 Å². The third kappa shape index (κ3) is 13.7. The average Bonchev–Trinajstić information content (AvgIpc) is 3.76. The van der Waals surface area contributed by atoms with Gasteiger partial charge < -0.3 is 30.0 Å². The Balaban J connectivity index is 0.891. The molecule has 3 N–H and O–H groups in total. The second kappa shape index (κ2) is 22.1. The van der Waals surface area contributed by atoms with Crippen LogP contribution in [0.15, 0.2) is 48.5 Å². The largest absolute Gasteiger partial charge is 0.494 e. The van der Waals surface area contributed by atoms with Gasteiger partial charge in [0.05, 0.1) is 25.6 Å². The lowest BCUT2D eigenvalue weighted by atomic mass is 10.0. The Kier molecular flexibility index (Phi) is 16.1. The number of hydrogen-bond donors (Lipinski definition) is 3. The molecule has 0 bridgehead atoms. The summed E-state index contributed by atoms with van der Waals surface area (Å²) in [6.07, 6.45) is 8.77. The molecule has 16 heteroatoms. The monoisotopic (exact) mass is 800 g/mol. The lowest BCUT2D eigenvalue weighted by Crippen LogP contribution is -2.29. The molecular weight excluding hydrogens is 741 g/mol. The maximum atomic E-state index is 13.1. The Bertz CT molecular complexity index is 1890. The molecule has 0 aliphatic carbocycles. The van der Waals surface area contributed by atoms with Crippen LogP contribution in [0.3, 0.4) is 0 Å². The molecule has 2 aliphatic heterocycles. The van der Waals surface area contributed by atoms with Crippen LogP contribution in [0.4, 0.5) is 11.9 Å². The minimum Gasteiger partial charge on any atom is -0.494 e. The number of hydrogen-bond acceptors (Lipinski definition) is 13. The Labute approximate surface area is 341 Å². The smallest absolute Gasteiger partial charge is 0.310 e. The molecule has 0 saturated carbocycles. The summed E-state index contributed by atoms with van der Waals surface area (Å²) in [6, 6.07) is 16.6. The molecule has 2 aromatic heterocycles. The van der Waals surface area contributed by atoms with Gasteiger partial charge in [-0.2, -0.15) is 20.2 Å². The van der Waals surface area contributed by atoms with Crippen molar-refractivity contribution in [2.75, 3.05) is 63.1 Å². The number of aryl methyl sites for hydroxylation is 2.